The quantitative estimate of drug-likeness (QED) is 0.709. The van der Waals surface area contributed by atoms with Crippen molar-refractivity contribution in [2.24, 2.45) is 5.92 Å². The van der Waals surface area contributed by atoms with Crippen molar-refractivity contribution in [1.82, 2.24) is 10.4 Å². The number of hydrogen-bond acceptors (Lipinski definition) is 4. The van der Waals surface area contributed by atoms with Crippen LogP contribution in [0.1, 0.15) is 56.6 Å². The van der Waals surface area contributed by atoms with Crippen molar-refractivity contribution in [2.45, 2.75) is 55.9 Å². The summed E-state index contributed by atoms with van der Waals surface area (Å²) in [4.78, 5) is 26.0. The molecule has 2 aromatic carbocycles. The van der Waals surface area contributed by atoms with Crippen molar-refractivity contribution in [3.63, 3.8) is 0 Å². The van der Waals surface area contributed by atoms with Gasteiger partial charge in [0.1, 0.15) is 4.87 Å². The van der Waals surface area contributed by atoms with Gasteiger partial charge in [-0.25, -0.2) is 5.01 Å². The molecule has 6 heteroatoms. The number of carbonyl (C=O) groups is 2. The van der Waals surface area contributed by atoms with Crippen molar-refractivity contribution >= 4 is 23.6 Å². The van der Waals surface area contributed by atoms with E-state index >= 15 is 0 Å². The minimum absolute atomic E-state index is 0.101. The van der Waals surface area contributed by atoms with Crippen LogP contribution in [-0.2, 0) is 15.2 Å². The largest absolute Gasteiger partial charge is 0.372 e. The van der Waals surface area contributed by atoms with Crippen LogP contribution in [0.15, 0.2) is 60.7 Å². The maximum absolute atomic E-state index is 13.6. The Kier molecular flexibility index (Phi) is 6.39. The number of carbonyl (C=O) groups excluding carboxylic acids is 2. The van der Waals surface area contributed by atoms with Crippen LogP contribution < -0.4 is 5.43 Å². The molecule has 2 amide bonds. The molecule has 4 rings (SSSR count). The summed E-state index contributed by atoms with van der Waals surface area (Å²) in [6, 6.07) is 17.8. The minimum Gasteiger partial charge on any atom is -0.372 e. The molecule has 1 saturated heterocycles. The lowest BCUT2D eigenvalue weighted by molar-refractivity contribution is -0.152. The van der Waals surface area contributed by atoms with Gasteiger partial charge in [-0.05, 0) is 42.7 Å². The van der Waals surface area contributed by atoms with E-state index in [9.17, 15) is 14.7 Å². The van der Waals surface area contributed by atoms with E-state index in [-0.39, 0.29) is 5.91 Å². The summed E-state index contributed by atoms with van der Waals surface area (Å²) in [5.74, 6) is 0.343. The smallest absolute Gasteiger partial charge is 0.279 e. The Bertz CT molecular complexity index is 871. The molecule has 1 aliphatic heterocycles. The third-order valence-electron chi connectivity index (χ3n) is 6.63. The highest BCUT2D eigenvalue weighted by Gasteiger charge is 2.51. The summed E-state index contributed by atoms with van der Waals surface area (Å²) in [6.07, 6.45) is 6.23. The molecule has 1 spiro atoms. The van der Waals surface area contributed by atoms with Crippen LogP contribution in [0.3, 0.4) is 0 Å². The van der Waals surface area contributed by atoms with Gasteiger partial charge >= 0.3 is 0 Å². The lowest BCUT2D eigenvalue weighted by Crippen LogP contribution is -2.60. The fourth-order valence-electron chi connectivity index (χ4n) is 4.88. The summed E-state index contributed by atoms with van der Waals surface area (Å²) in [5, 5.41) is 13.2. The molecule has 1 aliphatic carbocycles. The SMILES string of the molecule is CCCC1CCC2(CC1)SCC(=O)N2NC(=O)C(O)(c1ccccc1)c1ccccc1. The van der Waals surface area contributed by atoms with Crippen molar-refractivity contribution in [3.05, 3.63) is 71.8 Å². The average molecular weight is 439 g/mol. The van der Waals surface area contributed by atoms with Crippen LogP contribution in [0, 0.1) is 5.92 Å². The Hall–Kier alpha value is -2.31. The van der Waals surface area contributed by atoms with Gasteiger partial charge in [0, 0.05) is 0 Å². The van der Waals surface area contributed by atoms with E-state index in [1.54, 1.807) is 60.3 Å². The average Bonchev–Trinajstić information content (AvgIpc) is 3.11. The zero-order valence-electron chi connectivity index (χ0n) is 17.9. The highest BCUT2D eigenvalue weighted by atomic mass is 32.2. The van der Waals surface area contributed by atoms with Crippen LogP contribution >= 0.6 is 11.8 Å². The standard InChI is InChI=1S/C25H30N2O3S/c1-2-9-19-14-16-24(17-15-19)27(22(28)18-31-24)26-23(29)25(30,20-10-5-3-6-11-20)21-12-7-4-8-13-21/h3-8,10-13,19,30H,2,9,14-18H2,1H3,(H,26,29). The second-order valence-corrected chi connectivity index (χ2v) is 9.92. The van der Waals surface area contributed by atoms with Gasteiger partial charge in [0.25, 0.3) is 11.8 Å². The summed E-state index contributed by atoms with van der Waals surface area (Å²) in [5.41, 5.74) is 1.90. The van der Waals surface area contributed by atoms with E-state index in [0.29, 0.717) is 22.8 Å². The second kappa shape index (κ2) is 9.05. The van der Waals surface area contributed by atoms with Gasteiger partial charge in [-0.15, -0.1) is 11.8 Å². The molecule has 0 aromatic heterocycles. The maximum Gasteiger partial charge on any atom is 0.279 e. The lowest BCUT2D eigenvalue weighted by atomic mass is 9.82. The number of hydrogen-bond donors (Lipinski definition) is 2. The normalized spacial score (nSPS) is 23.9. The molecule has 31 heavy (non-hydrogen) atoms. The number of amides is 2. The third-order valence-corrected chi connectivity index (χ3v) is 8.15. The molecule has 2 N–H and O–H groups in total. The molecule has 2 aliphatic rings. The molecule has 0 atom stereocenters. The van der Waals surface area contributed by atoms with Crippen LogP contribution in [-0.4, -0.2) is 32.6 Å². The van der Waals surface area contributed by atoms with Gasteiger partial charge in [-0.2, -0.15) is 0 Å². The second-order valence-electron chi connectivity index (χ2n) is 8.58. The Balaban J connectivity index is 1.62. The first-order valence-corrected chi connectivity index (χ1v) is 12.1. The molecule has 2 aromatic rings. The zero-order chi connectivity index (χ0) is 21.9. The van der Waals surface area contributed by atoms with Gasteiger partial charge < -0.3 is 5.11 Å². The van der Waals surface area contributed by atoms with Crippen molar-refractivity contribution in [1.29, 1.82) is 0 Å². The Morgan fingerprint density at radius 3 is 2.16 bits per heavy atom. The van der Waals surface area contributed by atoms with E-state index in [1.165, 1.54) is 17.9 Å². The first-order chi connectivity index (χ1) is 15.0. The molecular weight excluding hydrogens is 408 g/mol. The summed E-state index contributed by atoms with van der Waals surface area (Å²) < 4.78 is 0. The number of benzene rings is 2. The molecule has 164 valence electrons. The molecule has 2 fully saturated rings. The fraction of sp³-hybridized carbons (Fsp3) is 0.440. The van der Waals surface area contributed by atoms with Crippen molar-refractivity contribution < 1.29 is 14.7 Å². The molecule has 5 nitrogen and oxygen atoms in total. The molecular formula is C25H30N2O3S. The summed E-state index contributed by atoms with van der Waals surface area (Å²) in [6.45, 7) is 2.21. The third kappa shape index (κ3) is 4.11. The highest BCUT2D eigenvalue weighted by Crippen LogP contribution is 2.48. The molecule has 0 unspecified atom stereocenters. The van der Waals surface area contributed by atoms with Gasteiger partial charge in [0.15, 0.2) is 5.60 Å². The Morgan fingerprint density at radius 1 is 1.10 bits per heavy atom. The lowest BCUT2D eigenvalue weighted by Gasteiger charge is -2.43. The van der Waals surface area contributed by atoms with E-state index < -0.39 is 16.4 Å². The van der Waals surface area contributed by atoms with Gasteiger partial charge in [0.2, 0.25) is 0 Å². The van der Waals surface area contributed by atoms with Gasteiger partial charge in [-0.1, -0.05) is 80.4 Å². The van der Waals surface area contributed by atoms with Crippen LogP contribution in [0.5, 0.6) is 0 Å². The molecule has 0 radical (unpaired) electrons. The highest BCUT2D eigenvalue weighted by molar-refractivity contribution is 8.01. The molecule has 0 bridgehead atoms. The first kappa shape index (κ1) is 21.9. The van der Waals surface area contributed by atoms with Gasteiger partial charge in [-0.3, -0.25) is 15.0 Å². The first-order valence-electron chi connectivity index (χ1n) is 11.1. The number of nitrogens with one attached hydrogen (secondary N) is 1. The number of aliphatic hydroxyl groups is 1. The Labute approximate surface area is 188 Å². The van der Waals surface area contributed by atoms with Crippen LogP contribution in [0.4, 0.5) is 0 Å². The Morgan fingerprint density at radius 2 is 1.65 bits per heavy atom. The zero-order valence-corrected chi connectivity index (χ0v) is 18.7. The predicted molar refractivity (Wildman–Crippen MR) is 123 cm³/mol. The number of nitrogens with zero attached hydrogens (tertiary/aromatic N) is 1. The number of hydrazine groups is 1. The molecule has 1 saturated carbocycles. The fourth-order valence-corrected chi connectivity index (χ4v) is 6.20. The van der Waals surface area contributed by atoms with Crippen molar-refractivity contribution in [2.75, 3.05) is 5.75 Å². The van der Waals surface area contributed by atoms with E-state index in [1.807, 2.05) is 12.1 Å². The van der Waals surface area contributed by atoms with Crippen molar-refractivity contribution in [3.8, 4) is 0 Å². The van der Waals surface area contributed by atoms with Crippen LogP contribution in [0.2, 0.25) is 0 Å². The van der Waals surface area contributed by atoms with Crippen LogP contribution in [0.25, 0.3) is 0 Å². The number of rotatable bonds is 6. The molecule has 1 heterocycles. The monoisotopic (exact) mass is 438 g/mol. The summed E-state index contributed by atoms with van der Waals surface area (Å²) >= 11 is 1.63. The van der Waals surface area contributed by atoms with Gasteiger partial charge in [0.05, 0.1) is 5.75 Å². The maximum atomic E-state index is 13.6. The van der Waals surface area contributed by atoms with E-state index in [4.69, 9.17) is 0 Å². The minimum atomic E-state index is -1.89. The van der Waals surface area contributed by atoms with E-state index in [2.05, 4.69) is 12.3 Å². The topological polar surface area (TPSA) is 69.6 Å². The predicted octanol–water partition coefficient (Wildman–Crippen LogP) is 4.22. The summed E-state index contributed by atoms with van der Waals surface area (Å²) in [7, 11) is 0. The van der Waals surface area contributed by atoms with E-state index in [0.717, 1.165) is 25.7 Å². The number of thioether (sulfide) groups is 1.